The standard InChI is InChI=1S/C15H29N3O3/c1-3-5-6-13(4-2)10-20-11-14(19)9-16-8-7-15-17-12-18-21-15/h12-14,16,19H,3-11H2,1-2H3. The Morgan fingerprint density at radius 2 is 2.24 bits per heavy atom. The van der Waals surface area contributed by atoms with E-state index >= 15 is 0 Å². The lowest BCUT2D eigenvalue weighted by Gasteiger charge is -2.17. The number of aromatic nitrogens is 2. The zero-order valence-electron chi connectivity index (χ0n) is 13.3. The van der Waals surface area contributed by atoms with Crippen molar-refractivity contribution in [2.24, 2.45) is 5.92 Å². The molecule has 122 valence electrons. The summed E-state index contributed by atoms with van der Waals surface area (Å²) in [5.41, 5.74) is 0. The van der Waals surface area contributed by atoms with Crippen LogP contribution in [0.5, 0.6) is 0 Å². The molecule has 0 spiro atoms. The molecule has 0 aliphatic heterocycles. The van der Waals surface area contributed by atoms with Gasteiger partial charge in [-0.05, 0) is 12.3 Å². The van der Waals surface area contributed by atoms with Gasteiger partial charge in [-0.3, -0.25) is 0 Å². The van der Waals surface area contributed by atoms with Crippen molar-refractivity contribution in [3.8, 4) is 0 Å². The summed E-state index contributed by atoms with van der Waals surface area (Å²) in [5, 5.41) is 16.5. The maximum absolute atomic E-state index is 9.83. The minimum Gasteiger partial charge on any atom is -0.389 e. The molecule has 1 aromatic rings. The highest BCUT2D eigenvalue weighted by Crippen LogP contribution is 2.12. The minimum atomic E-state index is -0.476. The summed E-state index contributed by atoms with van der Waals surface area (Å²) >= 11 is 0. The molecular weight excluding hydrogens is 270 g/mol. The zero-order chi connectivity index (χ0) is 15.3. The van der Waals surface area contributed by atoms with E-state index < -0.39 is 6.10 Å². The van der Waals surface area contributed by atoms with Gasteiger partial charge < -0.3 is 19.7 Å². The van der Waals surface area contributed by atoms with Crippen molar-refractivity contribution < 1.29 is 14.4 Å². The molecule has 0 fully saturated rings. The minimum absolute atomic E-state index is 0.385. The number of nitrogens with one attached hydrogen (secondary N) is 1. The van der Waals surface area contributed by atoms with Gasteiger partial charge in [0.05, 0.1) is 12.7 Å². The number of rotatable bonds is 13. The molecule has 2 unspecified atom stereocenters. The third-order valence-electron chi connectivity index (χ3n) is 3.51. The molecule has 21 heavy (non-hydrogen) atoms. The van der Waals surface area contributed by atoms with Crippen LogP contribution in [-0.2, 0) is 11.2 Å². The largest absolute Gasteiger partial charge is 0.389 e. The normalized spacial score (nSPS) is 14.2. The lowest BCUT2D eigenvalue weighted by atomic mass is 10.0. The third-order valence-corrected chi connectivity index (χ3v) is 3.51. The first-order valence-electron chi connectivity index (χ1n) is 7.98. The van der Waals surface area contributed by atoms with Gasteiger partial charge in [0.15, 0.2) is 6.33 Å². The maximum atomic E-state index is 9.83. The Labute approximate surface area is 127 Å². The van der Waals surface area contributed by atoms with Gasteiger partial charge in [-0.1, -0.05) is 38.3 Å². The second-order valence-corrected chi connectivity index (χ2v) is 5.40. The highest BCUT2D eigenvalue weighted by molar-refractivity contribution is 4.75. The van der Waals surface area contributed by atoms with E-state index in [2.05, 4.69) is 29.3 Å². The predicted molar refractivity (Wildman–Crippen MR) is 81.0 cm³/mol. The van der Waals surface area contributed by atoms with Gasteiger partial charge in [0.2, 0.25) is 5.89 Å². The molecule has 0 aliphatic rings. The monoisotopic (exact) mass is 299 g/mol. The van der Waals surface area contributed by atoms with Crippen molar-refractivity contribution in [1.82, 2.24) is 15.5 Å². The molecule has 0 amide bonds. The Morgan fingerprint density at radius 3 is 2.90 bits per heavy atom. The quantitative estimate of drug-likeness (QED) is 0.541. The molecule has 0 bridgehead atoms. The maximum Gasteiger partial charge on any atom is 0.227 e. The first kappa shape index (κ1) is 18.1. The molecule has 2 N–H and O–H groups in total. The highest BCUT2D eigenvalue weighted by atomic mass is 16.5. The molecule has 6 heteroatoms. The van der Waals surface area contributed by atoms with Gasteiger partial charge in [0, 0.05) is 26.1 Å². The second-order valence-electron chi connectivity index (χ2n) is 5.40. The van der Waals surface area contributed by atoms with E-state index in [4.69, 9.17) is 9.26 Å². The Bertz CT molecular complexity index is 333. The van der Waals surface area contributed by atoms with Gasteiger partial charge in [-0.2, -0.15) is 4.98 Å². The molecule has 0 radical (unpaired) electrons. The molecule has 1 aromatic heterocycles. The summed E-state index contributed by atoms with van der Waals surface area (Å²) in [6, 6.07) is 0. The van der Waals surface area contributed by atoms with Crippen molar-refractivity contribution in [1.29, 1.82) is 0 Å². The summed E-state index contributed by atoms with van der Waals surface area (Å²) in [4.78, 5) is 3.93. The SMILES string of the molecule is CCCCC(CC)COCC(O)CNCCc1ncno1. The molecular formula is C15H29N3O3. The van der Waals surface area contributed by atoms with E-state index in [9.17, 15) is 5.11 Å². The predicted octanol–water partition coefficient (Wildman–Crippen LogP) is 1.80. The first-order chi connectivity index (χ1) is 10.3. The van der Waals surface area contributed by atoms with Crippen molar-refractivity contribution in [3.63, 3.8) is 0 Å². The number of hydrogen-bond acceptors (Lipinski definition) is 6. The van der Waals surface area contributed by atoms with Gasteiger partial charge in [-0.15, -0.1) is 0 Å². The van der Waals surface area contributed by atoms with Crippen LogP contribution in [-0.4, -0.2) is 47.7 Å². The lowest BCUT2D eigenvalue weighted by molar-refractivity contribution is 0.0194. The summed E-state index contributed by atoms with van der Waals surface area (Å²) < 4.78 is 10.5. The van der Waals surface area contributed by atoms with Gasteiger partial charge in [-0.25, -0.2) is 0 Å². The van der Waals surface area contributed by atoms with Crippen molar-refractivity contribution in [2.75, 3.05) is 26.3 Å². The van der Waals surface area contributed by atoms with Crippen LogP contribution in [0.4, 0.5) is 0 Å². The van der Waals surface area contributed by atoms with Crippen LogP contribution in [0.1, 0.15) is 45.4 Å². The van der Waals surface area contributed by atoms with E-state index in [1.807, 2.05) is 0 Å². The van der Waals surface area contributed by atoms with E-state index in [0.29, 0.717) is 37.9 Å². The Hall–Kier alpha value is -0.980. The average molecular weight is 299 g/mol. The lowest BCUT2D eigenvalue weighted by Crippen LogP contribution is -2.32. The number of aliphatic hydroxyl groups is 1. The zero-order valence-corrected chi connectivity index (χ0v) is 13.3. The number of nitrogens with zero attached hydrogens (tertiary/aromatic N) is 2. The van der Waals surface area contributed by atoms with Gasteiger partial charge >= 0.3 is 0 Å². The van der Waals surface area contributed by atoms with E-state index in [0.717, 1.165) is 13.0 Å². The Morgan fingerprint density at radius 1 is 1.38 bits per heavy atom. The fraction of sp³-hybridized carbons (Fsp3) is 0.867. The Balaban J connectivity index is 1.98. The smallest absolute Gasteiger partial charge is 0.227 e. The molecule has 0 aliphatic carbocycles. The number of hydrogen-bond donors (Lipinski definition) is 2. The molecule has 6 nitrogen and oxygen atoms in total. The molecule has 2 atom stereocenters. The van der Waals surface area contributed by atoms with E-state index in [1.165, 1.54) is 25.6 Å². The van der Waals surface area contributed by atoms with E-state index in [-0.39, 0.29) is 0 Å². The molecule has 0 aromatic carbocycles. The van der Waals surface area contributed by atoms with Gasteiger partial charge in [0.1, 0.15) is 0 Å². The topological polar surface area (TPSA) is 80.4 Å². The van der Waals surface area contributed by atoms with Crippen LogP contribution >= 0.6 is 0 Å². The number of unbranched alkanes of at least 4 members (excludes halogenated alkanes) is 1. The summed E-state index contributed by atoms with van der Waals surface area (Å²) in [6.45, 7) is 6.75. The molecule has 1 heterocycles. The second kappa shape index (κ2) is 11.7. The third kappa shape index (κ3) is 8.80. The highest BCUT2D eigenvalue weighted by Gasteiger charge is 2.09. The van der Waals surface area contributed by atoms with Crippen LogP contribution in [0.25, 0.3) is 0 Å². The van der Waals surface area contributed by atoms with Crippen LogP contribution < -0.4 is 5.32 Å². The van der Waals surface area contributed by atoms with Crippen LogP contribution in [0, 0.1) is 5.92 Å². The van der Waals surface area contributed by atoms with Crippen molar-refractivity contribution in [3.05, 3.63) is 12.2 Å². The molecule has 1 rings (SSSR count). The van der Waals surface area contributed by atoms with Crippen LogP contribution in [0.2, 0.25) is 0 Å². The van der Waals surface area contributed by atoms with Crippen LogP contribution in [0.15, 0.2) is 10.9 Å². The first-order valence-corrected chi connectivity index (χ1v) is 7.98. The molecule has 0 saturated heterocycles. The fourth-order valence-electron chi connectivity index (χ4n) is 2.10. The fourth-order valence-corrected chi connectivity index (χ4v) is 2.10. The summed E-state index contributed by atoms with van der Waals surface area (Å²) in [5.74, 6) is 1.22. The van der Waals surface area contributed by atoms with Crippen molar-refractivity contribution in [2.45, 2.75) is 52.1 Å². The number of aliphatic hydroxyl groups excluding tert-OH is 1. The average Bonchev–Trinajstić information content (AvgIpc) is 3.00. The Kier molecular flexibility index (Phi) is 10.0. The van der Waals surface area contributed by atoms with Crippen molar-refractivity contribution >= 4 is 0 Å². The number of ether oxygens (including phenoxy) is 1. The van der Waals surface area contributed by atoms with E-state index in [1.54, 1.807) is 0 Å². The van der Waals surface area contributed by atoms with Crippen LogP contribution in [0.3, 0.4) is 0 Å². The summed E-state index contributed by atoms with van der Waals surface area (Å²) in [7, 11) is 0. The summed E-state index contributed by atoms with van der Waals surface area (Å²) in [6.07, 6.45) is 6.41. The van der Waals surface area contributed by atoms with Gasteiger partial charge in [0.25, 0.3) is 0 Å². The molecule has 0 saturated carbocycles.